The molecule has 14 heavy (non-hydrogen) atoms. The summed E-state index contributed by atoms with van der Waals surface area (Å²) in [6.07, 6.45) is 4.40. The Morgan fingerprint density at radius 1 is 1.43 bits per heavy atom. The number of nitrogens with zero attached hydrogens (tertiary/aromatic N) is 2. The summed E-state index contributed by atoms with van der Waals surface area (Å²) in [4.78, 5) is 4.21. The van der Waals surface area contributed by atoms with E-state index in [9.17, 15) is 0 Å². The molecule has 75 valence electrons. The van der Waals surface area contributed by atoms with E-state index in [2.05, 4.69) is 10.3 Å². The number of piperidine rings is 1. The van der Waals surface area contributed by atoms with E-state index < -0.39 is 0 Å². The van der Waals surface area contributed by atoms with Crippen molar-refractivity contribution in [2.24, 2.45) is 0 Å². The lowest BCUT2D eigenvalue weighted by Crippen LogP contribution is -2.30. The second-order valence-electron chi connectivity index (χ2n) is 3.53. The van der Waals surface area contributed by atoms with Crippen LogP contribution in [0.25, 0.3) is 0 Å². The van der Waals surface area contributed by atoms with Crippen molar-refractivity contribution < 1.29 is 4.74 Å². The summed E-state index contributed by atoms with van der Waals surface area (Å²) in [5.41, 5.74) is 0.998. The van der Waals surface area contributed by atoms with E-state index in [-0.39, 0.29) is 0 Å². The first kappa shape index (κ1) is 9.62. The van der Waals surface area contributed by atoms with Crippen molar-refractivity contribution >= 4 is 0 Å². The molecule has 3 heteroatoms. The minimum atomic E-state index is 0.311. The van der Waals surface area contributed by atoms with Crippen LogP contribution in [-0.2, 0) is 11.3 Å². The number of hydrogen-bond acceptors (Lipinski definition) is 2. The van der Waals surface area contributed by atoms with E-state index in [1.807, 2.05) is 18.2 Å². The molecule has 1 unspecified atom stereocenters. The summed E-state index contributed by atoms with van der Waals surface area (Å²) in [5, 5.41) is 4.33. The molecule has 0 aliphatic carbocycles. The number of rotatable bonds is 3. The topological polar surface area (TPSA) is 36.2 Å². The van der Waals surface area contributed by atoms with Gasteiger partial charge in [0, 0.05) is 19.3 Å². The lowest BCUT2D eigenvalue weighted by Gasteiger charge is -2.21. The van der Waals surface area contributed by atoms with Gasteiger partial charge in [-0.15, -0.1) is 0 Å². The molecule has 3 nitrogen and oxygen atoms in total. The van der Waals surface area contributed by atoms with Crippen LogP contribution >= 0.6 is 0 Å². The zero-order valence-corrected chi connectivity index (χ0v) is 8.22. The van der Waals surface area contributed by atoms with E-state index in [0.29, 0.717) is 12.7 Å². The van der Waals surface area contributed by atoms with E-state index in [4.69, 9.17) is 4.74 Å². The average molecular weight is 191 g/mol. The van der Waals surface area contributed by atoms with Gasteiger partial charge in [-0.3, -0.25) is 4.98 Å². The second-order valence-corrected chi connectivity index (χ2v) is 3.53. The third-order valence-electron chi connectivity index (χ3n) is 2.37. The molecule has 1 aliphatic heterocycles. The van der Waals surface area contributed by atoms with E-state index in [1.54, 1.807) is 6.20 Å². The van der Waals surface area contributed by atoms with Crippen molar-refractivity contribution in [1.29, 1.82) is 0 Å². The van der Waals surface area contributed by atoms with Gasteiger partial charge in [0.15, 0.2) is 0 Å². The molecule has 0 N–H and O–H groups in total. The van der Waals surface area contributed by atoms with Crippen molar-refractivity contribution in [1.82, 2.24) is 10.3 Å². The fourth-order valence-electron chi connectivity index (χ4n) is 1.58. The van der Waals surface area contributed by atoms with Gasteiger partial charge in [-0.2, -0.15) is 0 Å². The highest BCUT2D eigenvalue weighted by molar-refractivity contribution is 5.01. The first-order chi connectivity index (χ1) is 6.95. The highest BCUT2D eigenvalue weighted by atomic mass is 16.5. The summed E-state index contributed by atoms with van der Waals surface area (Å²) >= 11 is 0. The van der Waals surface area contributed by atoms with Gasteiger partial charge in [0.1, 0.15) is 0 Å². The molecule has 1 saturated heterocycles. The van der Waals surface area contributed by atoms with Gasteiger partial charge in [0.2, 0.25) is 0 Å². The highest BCUT2D eigenvalue weighted by Crippen LogP contribution is 2.09. The zero-order chi connectivity index (χ0) is 9.64. The Bertz CT molecular complexity index is 257. The molecule has 0 spiro atoms. The first-order valence-electron chi connectivity index (χ1n) is 5.10. The Morgan fingerprint density at radius 2 is 2.43 bits per heavy atom. The van der Waals surface area contributed by atoms with Gasteiger partial charge in [-0.05, 0) is 25.0 Å². The fraction of sp³-hybridized carbons (Fsp3) is 0.545. The average Bonchev–Trinajstić information content (AvgIpc) is 2.29. The minimum Gasteiger partial charge on any atom is -0.371 e. The van der Waals surface area contributed by atoms with E-state index >= 15 is 0 Å². The highest BCUT2D eigenvalue weighted by Gasteiger charge is 2.13. The lowest BCUT2D eigenvalue weighted by molar-refractivity contribution is 0.0228. The zero-order valence-electron chi connectivity index (χ0n) is 8.22. The largest absolute Gasteiger partial charge is 0.371 e. The molecule has 1 aromatic heterocycles. The fourth-order valence-corrected chi connectivity index (χ4v) is 1.58. The maximum Gasteiger partial charge on any atom is 0.0892 e. The second kappa shape index (κ2) is 5.08. The molecule has 1 aromatic rings. The van der Waals surface area contributed by atoms with Crippen LogP contribution in [0.1, 0.15) is 18.5 Å². The number of ether oxygens (including phenoxy) is 1. The van der Waals surface area contributed by atoms with Crippen molar-refractivity contribution in [3.63, 3.8) is 0 Å². The van der Waals surface area contributed by atoms with Crippen molar-refractivity contribution in [3.8, 4) is 0 Å². The van der Waals surface area contributed by atoms with Gasteiger partial charge in [0.05, 0.1) is 18.4 Å². The number of pyridine rings is 1. The molecule has 1 aliphatic rings. The minimum absolute atomic E-state index is 0.311. The third kappa shape index (κ3) is 2.79. The van der Waals surface area contributed by atoms with E-state index in [1.165, 1.54) is 0 Å². The molecule has 2 heterocycles. The quantitative estimate of drug-likeness (QED) is 0.723. The van der Waals surface area contributed by atoms with Crippen LogP contribution in [0.3, 0.4) is 0 Å². The Morgan fingerprint density at radius 3 is 3.14 bits per heavy atom. The standard InChI is InChI=1S/C11H15N2O/c1-2-7-13-10(4-1)9-14-11-5-3-6-12-8-11/h1-2,4,7,11H,3,5-6,8-9H2. The molecule has 0 aromatic carbocycles. The van der Waals surface area contributed by atoms with Gasteiger partial charge < -0.3 is 4.74 Å². The predicted molar refractivity (Wildman–Crippen MR) is 53.9 cm³/mol. The Kier molecular flexibility index (Phi) is 3.49. The maximum absolute atomic E-state index is 5.71. The van der Waals surface area contributed by atoms with Gasteiger partial charge in [-0.25, -0.2) is 5.32 Å². The van der Waals surface area contributed by atoms with Crippen LogP contribution in [0.5, 0.6) is 0 Å². The van der Waals surface area contributed by atoms with Gasteiger partial charge >= 0.3 is 0 Å². The summed E-state index contributed by atoms with van der Waals surface area (Å²) < 4.78 is 5.71. The third-order valence-corrected chi connectivity index (χ3v) is 2.37. The molecule has 0 saturated carbocycles. The maximum atomic E-state index is 5.71. The van der Waals surface area contributed by atoms with E-state index in [0.717, 1.165) is 31.6 Å². The molecular weight excluding hydrogens is 176 g/mol. The predicted octanol–water partition coefficient (Wildman–Crippen LogP) is 1.36. The Balaban J connectivity index is 1.76. The number of aromatic nitrogens is 1. The van der Waals surface area contributed by atoms with Crippen molar-refractivity contribution in [2.75, 3.05) is 13.1 Å². The van der Waals surface area contributed by atoms with Crippen LogP contribution in [0, 0.1) is 0 Å². The van der Waals surface area contributed by atoms with Crippen LogP contribution in [-0.4, -0.2) is 24.2 Å². The van der Waals surface area contributed by atoms with Crippen LogP contribution in [0.4, 0.5) is 0 Å². The monoisotopic (exact) mass is 191 g/mol. The molecule has 0 amide bonds. The molecule has 0 bridgehead atoms. The smallest absolute Gasteiger partial charge is 0.0892 e. The molecule has 2 rings (SSSR count). The summed E-state index contributed by atoms with van der Waals surface area (Å²) in [6, 6.07) is 5.89. The van der Waals surface area contributed by atoms with Crippen LogP contribution in [0.15, 0.2) is 24.4 Å². The Labute approximate surface area is 84.5 Å². The van der Waals surface area contributed by atoms with Crippen molar-refractivity contribution in [2.45, 2.75) is 25.6 Å². The summed E-state index contributed by atoms with van der Waals surface area (Å²) in [5.74, 6) is 0. The molecule has 1 fully saturated rings. The molecular formula is C11H15N2O. The summed E-state index contributed by atoms with van der Waals surface area (Å²) in [6.45, 7) is 2.47. The molecule has 1 radical (unpaired) electrons. The first-order valence-corrected chi connectivity index (χ1v) is 5.10. The van der Waals surface area contributed by atoms with Crippen molar-refractivity contribution in [3.05, 3.63) is 30.1 Å². The van der Waals surface area contributed by atoms with Gasteiger partial charge in [0.25, 0.3) is 0 Å². The van der Waals surface area contributed by atoms with Crippen LogP contribution < -0.4 is 5.32 Å². The number of hydrogen-bond donors (Lipinski definition) is 0. The van der Waals surface area contributed by atoms with Gasteiger partial charge in [-0.1, -0.05) is 6.07 Å². The normalized spacial score (nSPS) is 22.1. The lowest BCUT2D eigenvalue weighted by atomic mass is 10.1. The molecule has 1 atom stereocenters. The Hall–Kier alpha value is -0.930. The summed E-state index contributed by atoms with van der Waals surface area (Å²) in [7, 11) is 0. The SMILES string of the molecule is c1ccc(COC2CCC[N]C2)nc1. The van der Waals surface area contributed by atoms with Crippen LogP contribution in [0.2, 0.25) is 0 Å².